The molecular weight excluding hydrogens is 370 g/mol. The zero-order valence-corrected chi connectivity index (χ0v) is 16.8. The molecule has 2 N–H and O–H groups in total. The van der Waals surface area contributed by atoms with Gasteiger partial charge in [-0.1, -0.05) is 24.3 Å². The molecule has 0 unspecified atom stereocenters. The van der Waals surface area contributed by atoms with Crippen molar-refractivity contribution >= 4 is 0 Å². The fourth-order valence-corrected chi connectivity index (χ4v) is 4.27. The Kier molecular flexibility index (Phi) is 5.94. The Bertz CT molecular complexity index is 842. The fourth-order valence-electron chi connectivity index (χ4n) is 4.27. The van der Waals surface area contributed by atoms with E-state index in [0.29, 0.717) is 44.2 Å². The van der Waals surface area contributed by atoms with Crippen molar-refractivity contribution in [3.8, 4) is 17.2 Å². The number of rotatable bonds is 5. The summed E-state index contributed by atoms with van der Waals surface area (Å²) >= 11 is 0. The number of ether oxygens (including phenoxy) is 3. The number of β-amino-alcohol motifs (C(OH)–C–C–N with tert-alkyl or cyclic N) is 2. The molecule has 2 aliphatic rings. The smallest absolute Gasteiger partial charge is 0.161 e. The molecule has 1 saturated heterocycles. The summed E-state index contributed by atoms with van der Waals surface area (Å²) in [5.74, 6) is 2.10. The summed E-state index contributed by atoms with van der Waals surface area (Å²) in [5.41, 5.74) is 0.605. The fraction of sp³-hybridized carbons (Fsp3) is 0.478. The van der Waals surface area contributed by atoms with Crippen molar-refractivity contribution in [2.45, 2.75) is 31.0 Å². The molecule has 2 aromatic rings. The lowest BCUT2D eigenvalue weighted by Gasteiger charge is -2.40. The molecule has 2 atom stereocenters. The largest absolute Gasteiger partial charge is 0.496 e. The summed E-state index contributed by atoms with van der Waals surface area (Å²) in [6.07, 6.45) is 1.70. The van der Waals surface area contributed by atoms with E-state index in [1.54, 1.807) is 7.11 Å². The summed E-state index contributed by atoms with van der Waals surface area (Å²) in [4.78, 5) is 2.11. The molecule has 0 amide bonds. The first kappa shape index (κ1) is 20.0. The number of aliphatic hydroxyl groups is 2. The molecule has 0 saturated carbocycles. The third-order valence-electron chi connectivity index (χ3n) is 5.75. The van der Waals surface area contributed by atoms with Crippen LogP contribution >= 0.6 is 0 Å². The first-order chi connectivity index (χ1) is 14.1. The Morgan fingerprint density at radius 1 is 1.10 bits per heavy atom. The number of para-hydroxylation sites is 1. The minimum absolute atomic E-state index is 0.442. The number of nitrogens with zero attached hydrogens (tertiary/aromatic N) is 1. The average molecular weight is 399 g/mol. The van der Waals surface area contributed by atoms with E-state index in [1.807, 2.05) is 42.5 Å². The zero-order valence-electron chi connectivity index (χ0n) is 16.8. The lowest BCUT2D eigenvalue weighted by molar-refractivity contribution is -0.0474. The number of aliphatic hydroxyl groups excluding tert-OH is 1. The SMILES string of the molecule is COc1ccccc1[C@]1(O)CCCN(C[C@H](O)c2ccc3c(c2)OCCCO3)C1. The molecule has 1 fully saturated rings. The van der Waals surface area contributed by atoms with Crippen LogP contribution in [-0.4, -0.2) is 55.1 Å². The molecule has 2 heterocycles. The first-order valence-corrected chi connectivity index (χ1v) is 10.2. The van der Waals surface area contributed by atoms with E-state index in [-0.39, 0.29) is 0 Å². The maximum absolute atomic E-state index is 11.4. The van der Waals surface area contributed by atoms with Crippen LogP contribution < -0.4 is 14.2 Å². The summed E-state index contributed by atoms with van der Waals surface area (Å²) < 4.78 is 16.9. The van der Waals surface area contributed by atoms with Crippen LogP contribution in [0.5, 0.6) is 17.2 Å². The highest BCUT2D eigenvalue weighted by Gasteiger charge is 2.37. The lowest BCUT2D eigenvalue weighted by atomic mass is 9.85. The van der Waals surface area contributed by atoms with E-state index in [9.17, 15) is 10.2 Å². The highest BCUT2D eigenvalue weighted by molar-refractivity contribution is 5.44. The molecule has 0 aliphatic carbocycles. The van der Waals surface area contributed by atoms with Crippen molar-refractivity contribution in [3.63, 3.8) is 0 Å². The molecule has 0 bridgehead atoms. The number of hydrogen-bond acceptors (Lipinski definition) is 6. The summed E-state index contributed by atoms with van der Waals surface area (Å²) in [6.45, 7) is 2.99. The van der Waals surface area contributed by atoms with Gasteiger partial charge in [-0.15, -0.1) is 0 Å². The van der Waals surface area contributed by atoms with Crippen molar-refractivity contribution in [2.75, 3.05) is 40.0 Å². The van der Waals surface area contributed by atoms with Crippen molar-refractivity contribution < 1.29 is 24.4 Å². The van der Waals surface area contributed by atoms with Gasteiger partial charge in [0.25, 0.3) is 0 Å². The van der Waals surface area contributed by atoms with Crippen molar-refractivity contribution in [2.24, 2.45) is 0 Å². The minimum Gasteiger partial charge on any atom is -0.496 e. The minimum atomic E-state index is -0.991. The molecule has 0 radical (unpaired) electrons. The van der Waals surface area contributed by atoms with Crippen molar-refractivity contribution in [1.82, 2.24) is 4.90 Å². The molecule has 6 heteroatoms. The van der Waals surface area contributed by atoms with E-state index >= 15 is 0 Å². The highest BCUT2D eigenvalue weighted by Crippen LogP contribution is 2.38. The predicted octanol–water partition coefficient (Wildman–Crippen LogP) is 2.87. The van der Waals surface area contributed by atoms with Crippen LogP contribution in [0, 0.1) is 0 Å². The van der Waals surface area contributed by atoms with Gasteiger partial charge in [0.2, 0.25) is 0 Å². The Morgan fingerprint density at radius 3 is 2.72 bits per heavy atom. The Morgan fingerprint density at radius 2 is 1.90 bits per heavy atom. The summed E-state index contributed by atoms with van der Waals surface area (Å²) in [7, 11) is 1.62. The number of fused-ring (bicyclic) bond motifs is 1. The molecule has 0 spiro atoms. The second kappa shape index (κ2) is 8.61. The zero-order chi connectivity index (χ0) is 20.3. The van der Waals surface area contributed by atoms with Crippen LogP contribution in [0.2, 0.25) is 0 Å². The normalized spacial score (nSPS) is 23.3. The highest BCUT2D eigenvalue weighted by atomic mass is 16.5. The average Bonchev–Trinajstić information content (AvgIpc) is 2.98. The van der Waals surface area contributed by atoms with Gasteiger partial charge in [0.05, 0.1) is 26.4 Å². The monoisotopic (exact) mass is 399 g/mol. The second-order valence-corrected chi connectivity index (χ2v) is 7.84. The quantitative estimate of drug-likeness (QED) is 0.806. The Hall–Kier alpha value is -2.28. The van der Waals surface area contributed by atoms with Crippen LogP contribution in [0.15, 0.2) is 42.5 Å². The number of piperidine rings is 1. The van der Waals surface area contributed by atoms with Gasteiger partial charge < -0.3 is 24.4 Å². The number of likely N-dealkylation sites (tertiary alicyclic amines) is 1. The van der Waals surface area contributed by atoms with Gasteiger partial charge in [-0.05, 0) is 43.1 Å². The third kappa shape index (κ3) is 4.34. The number of hydrogen-bond donors (Lipinski definition) is 2. The molecule has 0 aromatic heterocycles. The Labute approximate surface area is 171 Å². The van der Waals surface area contributed by atoms with Crippen LogP contribution in [0.25, 0.3) is 0 Å². The Balaban J connectivity index is 1.47. The molecule has 4 rings (SSSR count). The second-order valence-electron chi connectivity index (χ2n) is 7.84. The van der Waals surface area contributed by atoms with Gasteiger partial charge in [-0.25, -0.2) is 0 Å². The predicted molar refractivity (Wildman–Crippen MR) is 110 cm³/mol. The molecule has 6 nitrogen and oxygen atoms in total. The molecule has 29 heavy (non-hydrogen) atoms. The van der Waals surface area contributed by atoms with Gasteiger partial charge in [0.15, 0.2) is 11.5 Å². The van der Waals surface area contributed by atoms with E-state index in [0.717, 1.165) is 36.3 Å². The maximum Gasteiger partial charge on any atom is 0.161 e. The van der Waals surface area contributed by atoms with E-state index < -0.39 is 11.7 Å². The molecule has 156 valence electrons. The topological polar surface area (TPSA) is 71.4 Å². The van der Waals surface area contributed by atoms with Crippen LogP contribution in [-0.2, 0) is 5.60 Å². The lowest BCUT2D eigenvalue weighted by Crippen LogP contribution is -2.47. The van der Waals surface area contributed by atoms with Crippen LogP contribution in [0.1, 0.15) is 36.5 Å². The van der Waals surface area contributed by atoms with Gasteiger partial charge in [0.1, 0.15) is 11.4 Å². The number of benzene rings is 2. The van der Waals surface area contributed by atoms with E-state index in [4.69, 9.17) is 14.2 Å². The van der Waals surface area contributed by atoms with Gasteiger partial charge in [-0.2, -0.15) is 0 Å². The van der Waals surface area contributed by atoms with Gasteiger partial charge >= 0.3 is 0 Å². The first-order valence-electron chi connectivity index (χ1n) is 10.2. The maximum atomic E-state index is 11.4. The standard InChI is InChI=1S/C23H29NO5/c1-27-20-7-3-2-6-18(20)23(26)10-4-11-24(16-23)15-19(25)17-8-9-21-22(14-17)29-13-5-12-28-21/h2-3,6-9,14,19,25-26H,4-5,10-13,15-16H2,1H3/t19-,23-/m0/s1. The van der Waals surface area contributed by atoms with Gasteiger partial charge in [0, 0.05) is 25.1 Å². The van der Waals surface area contributed by atoms with Crippen LogP contribution in [0.4, 0.5) is 0 Å². The summed E-state index contributed by atoms with van der Waals surface area (Å²) in [6, 6.07) is 13.2. The summed E-state index contributed by atoms with van der Waals surface area (Å²) in [5, 5.41) is 22.2. The van der Waals surface area contributed by atoms with E-state index in [2.05, 4.69) is 4.90 Å². The van der Waals surface area contributed by atoms with Crippen molar-refractivity contribution in [1.29, 1.82) is 0 Å². The molecule has 2 aliphatic heterocycles. The molecular formula is C23H29NO5. The van der Waals surface area contributed by atoms with E-state index in [1.165, 1.54) is 0 Å². The number of methoxy groups -OCH3 is 1. The van der Waals surface area contributed by atoms with Crippen molar-refractivity contribution in [3.05, 3.63) is 53.6 Å². The van der Waals surface area contributed by atoms with Crippen LogP contribution in [0.3, 0.4) is 0 Å². The third-order valence-corrected chi connectivity index (χ3v) is 5.75. The molecule has 2 aromatic carbocycles. The van der Waals surface area contributed by atoms with Gasteiger partial charge in [-0.3, -0.25) is 4.90 Å².